The van der Waals surface area contributed by atoms with Crippen molar-refractivity contribution >= 4 is 40.3 Å². The number of carbonyl (C=O) groups excluding carboxylic acids is 1. The van der Waals surface area contributed by atoms with Gasteiger partial charge in [-0.15, -0.1) is 0 Å². The quantitative estimate of drug-likeness (QED) is 0.353. The summed E-state index contributed by atoms with van der Waals surface area (Å²) in [5, 5.41) is 10.7. The summed E-state index contributed by atoms with van der Waals surface area (Å²) >= 11 is 6.42. The van der Waals surface area contributed by atoms with Crippen LogP contribution in [0.3, 0.4) is 0 Å². The minimum atomic E-state index is -4.68. The summed E-state index contributed by atoms with van der Waals surface area (Å²) in [5.41, 5.74) is -0.453. The van der Waals surface area contributed by atoms with Crippen molar-refractivity contribution in [2.24, 2.45) is 5.92 Å². The predicted molar refractivity (Wildman–Crippen MR) is 126 cm³/mol. The first kappa shape index (κ1) is 26.2. The summed E-state index contributed by atoms with van der Waals surface area (Å²) in [5.74, 6) is -0.405. The van der Waals surface area contributed by atoms with E-state index >= 15 is 0 Å². The van der Waals surface area contributed by atoms with Crippen LogP contribution in [0.4, 0.5) is 23.7 Å². The fraction of sp³-hybridized carbons (Fsp3) is 0.417. The fourth-order valence-corrected chi connectivity index (χ4v) is 4.86. The Morgan fingerprint density at radius 3 is 2.53 bits per heavy atom. The molecule has 0 bridgehead atoms. The highest BCUT2D eigenvalue weighted by Gasteiger charge is 2.35. The van der Waals surface area contributed by atoms with Crippen molar-refractivity contribution in [2.45, 2.75) is 56.0 Å². The number of rotatable bonds is 8. The topological polar surface area (TPSA) is 75.6 Å². The molecule has 0 aromatic heterocycles. The van der Waals surface area contributed by atoms with E-state index in [4.69, 9.17) is 21.4 Å². The van der Waals surface area contributed by atoms with Crippen molar-refractivity contribution in [3.8, 4) is 5.75 Å². The highest BCUT2D eigenvalue weighted by molar-refractivity contribution is 8.14. The molecule has 0 radical (unpaired) electrons. The maximum atomic E-state index is 13.7. The van der Waals surface area contributed by atoms with Gasteiger partial charge in [0.15, 0.2) is 0 Å². The Kier molecular flexibility index (Phi) is 9.13. The van der Waals surface area contributed by atoms with E-state index in [1.807, 2.05) is 0 Å². The second-order valence-electron chi connectivity index (χ2n) is 8.20. The number of halogens is 4. The number of carbonyl (C=O) groups is 2. The first-order chi connectivity index (χ1) is 16.1. The molecule has 0 atom stereocenters. The number of hydrogen-bond donors (Lipinski definition) is 2. The molecule has 5 nitrogen and oxygen atoms in total. The lowest BCUT2D eigenvalue weighted by atomic mass is 9.87. The molecule has 1 aliphatic carbocycles. The van der Waals surface area contributed by atoms with Crippen molar-refractivity contribution in [2.75, 3.05) is 11.9 Å². The molecular formula is C24H25ClF3NO4S. The zero-order valence-electron chi connectivity index (χ0n) is 18.3. The Hall–Kier alpha value is -2.39. The highest BCUT2D eigenvalue weighted by Crippen LogP contribution is 2.40. The second-order valence-corrected chi connectivity index (χ2v) is 9.62. The SMILES string of the molecule is O=C(O)Cc1ccc(Cl)c(NC(=O)Sc2ccc(OCCC3CCCCC3)cc2C(F)(F)F)c1. The molecule has 2 aromatic rings. The van der Waals surface area contributed by atoms with Crippen LogP contribution in [-0.4, -0.2) is 22.9 Å². The summed E-state index contributed by atoms with van der Waals surface area (Å²) in [6.45, 7) is 0.347. The molecule has 0 heterocycles. The third-order valence-electron chi connectivity index (χ3n) is 5.60. The van der Waals surface area contributed by atoms with Crippen LogP contribution in [0.1, 0.15) is 49.7 Å². The molecule has 1 saturated carbocycles. The second kappa shape index (κ2) is 11.8. The molecule has 2 aromatic carbocycles. The standard InChI is InChI=1S/C24H25ClF3NO4S/c25-19-8-6-16(13-22(30)31)12-20(19)29-23(32)34-21-9-7-17(14-18(21)24(26,27)28)33-11-10-15-4-2-1-3-5-15/h6-9,12,14-15H,1-5,10-11,13H2,(H,29,32)(H,30,31). The summed E-state index contributed by atoms with van der Waals surface area (Å²) in [4.78, 5) is 23.1. The van der Waals surface area contributed by atoms with E-state index in [0.29, 0.717) is 29.9 Å². The summed E-state index contributed by atoms with van der Waals surface area (Å²) < 4.78 is 46.6. The van der Waals surface area contributed by atoms with Gasteiger partial charge in [-0.05, 0) is 60.0 Å². The summed E-state index contributed by atoms with van der Waals surface area (Å²) in [6.07, 6.45) is 1.72. The van der Waals surface area contributed by atoms with Crippen molar-refractivity contribution < 1.29 is 32.6 Å². The number of ether oxygens (including phenoxy) is 1. The van der Waals surface area contributed by atoms with Gasteiger partial charge in [-0.1, -0.05) is 49.8 Å². The average Bonchev–Trinajstić information content (AvgIpc) is 2.76. The van der Waals surface area contributed by atoms with Gasteiger partial charge in [0.05, 0.1) is 29.3 Å². The number of thioether (sulfide) groups is 1. The monoisotopic (exact) mass is 515 g/mol. The molecule has 0 aliphatic heterocycles. The number of alkyl halides is 3. The van der Waals surface area contributed by atoms with Gasteiger partial charge in [-0.3, -0.25) is 9.59 Å². The van der Waals surface area contributed by atoms with E-state index < -0.39 is 22.9 Å². The first-order valence-electron chi connectivity index (χ1n) is 10.9. The van der Waals surface area contributed by atoms with Crippen molar-refractivity contribution in [1.82, 2.24) is 0 Å². The summed E-state index contributed by atoms with van der Waals surface area (Å²) in [7, 11) is 0. The Balaban J connectivity index is 1.67. The smallest absolute Gasteiger partial charge is 0.417 e. The van der Waals surface area contributed by atoms with Crippen LogP contribution in [0, 0.1) is 5.92 Å². The van der Waals surface area contributed by atoms with Gasteiger partial charge in [-0.25, -0.2) is 0 Å². The van der Waals surface area contributed by atoms with E-state index in [0.717, 1.165) is 25.3 Å². The molecule has 2 N–H and O–H groups in total. The van der Waals surface area contributed by atoms with Crippen LogP contribution >= 0.6 is 23.4 Å². The van der Waals surface area contributed by atoms with Crippen LogP contribution in [-0.2, 0) is 17.4 Å². The minimum absolute atomic E-state index is 0.109. The third-order valence-corrected chi connectivity index (χ3v) is 6.79. The van der Waals surface area contributed by atoms with Gasteiger partial charge in [0.1, 0.15) is 5.75 Å². The van der Waals surface area contributed by atoms with Crippen LogP contribution < -0.4 is 10.1 Å². The van der Waals surface area contributed by atoms with E-state index in [1.165, 1.54) is 49.6 Å². The Labute approximate surface area is 205 Å². The number of carboxylic acids is 1. The molecule has 0 unspecified atom stereocenters. The minimum Gasteiger partial charge on any atom is -0.494 e. The molecule has 10 heteroatoms. The van der Waals surface area contributed by atoms with Gasteiger partial charge in [0.2, 0.25) is 0 Å². The Bertz CT molecular complexity index is 1030. The molecule has 1 aliphatic rings. The molecular weight excluding hydrogens is 491 g/mol. The average molecular weight is 516 g/mol. The third kappa shape index (κ3) is 7.84. The number of benzene rings is 2. The predicted octanol–water partition coefficient (Wildman–Crippen LogP) is 7.66. The maximum absolute atomic E-state index is 13.7. The molecule has 184 valence electrons. The van der Waals surface area contributed by atoms with E-state index in [9.17, 15) is 22.8 Å². The maximum Gasteiger partial charge on any atom is 0.417 e. The molecule has 34 heavy (non-hydrogen) atoms. The van der Waals surface area contributed by atoms with Crippen LogP contribution in [0.2, 0.25) is 5.02 Å². The number of hydrogen-bond acceptors (Lipinski definition) is 4. The molecule has 0 saturated heterocycles. The normalized spacial score (nSPS) is 14.6. The highest BCUT2D eigenvalue weighted by atomic mass is 35.5. The van der Waals surface area contributed by atoms with Gasteiger partial charge in [-0.2, -0.15) is 13.2 Å². The lowest BCUT2D eigenvalue weighted by Crippen LogP contribution is -2.12. The van der Waals surface area contributed by atoms with Crippen LogP contribution in [0.15, 0.2) is 41.3 Å². The number of amides is 1. The van der Waals surface area contributed by atoms with Crippen molar-refractivity contribution in [3.05, 3.63) is 52.5 Å². The molecule has 0 spiro atoms. The lowest BCUT2D eigenvalue weighted by molar-refractivity contribution is -0.140. The van der Waals surface area contributed by atoms with Gasteiger partial charge in [0, 0.05) is 4.90 Å². The molecule has 1 fully saturated rings. The summed E-state index contributed by atoms with van der Waals surface area (Å²) in [6, 6.07) is 7.84. The Morgan fingerprint density at radius 1 is 1.12 bits per heavy atom. The van der Waals surface area contributed by atoms with Crippen LogP contribution in [0.25, 0.3) is 0 Å². The number of carboxylic acid groups (broad SMARTS) is 1. The van der Waals surface area contributed by atoms with E-state index in [1.54, 1.807) is 0 Å². The van der Waals surface area contributed by atoms with E-state index in [2.05, 4.69) is 5.32 Å². The zero-order valence-corrected chi connectivity index (χ0v) is 19.9. The van der Waals surface area contributed by atoms with Crippen molar-refractivity contribution in [1.29, 1.82) is 0 Å². The largest absolute Gasteiger partial charge is 0.494 e. The molecule has 1 amide bonds. The number of nitrogens with one attached hydrogen (secondary N) is 1. The van der Waals surface area contributed by atoms with E-state index in [-0.39, 0.29) is 27.8 Å². The number of anilines is 1. The van der Waals surface area contributed by atoms with Crippen LogP contribution in [0.5, 0.6) is 5.75 Å². The van der Waals surface area contributed by atoms with Gasteiger partial charge in [0.25, 0.3) is 5.24 Å². The number of aliphatic carboxylic acids is 1. The first-order valence-corrected chi connectivity index (χ1v) is 12.1. The Morgan fingerprint density at radius 2 is 1.85 bits per heavy atom. The fourth-order valence-electron chi connectivity index (χ4n) is 3.92. The zero-order chi connectivity index (χ0) is 24.7. The lowest BCUT2D eigenvalue weighted by Gasteiger charge is -2.21. The van der Waals surface area contributed by atoms with Crippen molar-refractivity contribution in [3.63, 3.8) is 0 Å². The molecule has 3 rings (SSSR count). The van der Waals surface area contributed by atoms with Gasteiger partial charge >= 0.3 is 12.1 Å². The van der Waals surface area contributed by atoms with Gasteiger partial charge < -0.3 is 15.2 Å².